The zero-order valence-electron chi connectivity index (χ0n) is 10.2. The molecule has 0 saturated heterocycles. The Labute approximate surface area is 101 Å². The molecule has 17 heavy (non-hydrogen) atoms. The molecule has 92 valence electrons. The summed E-state index contributed by atoms with van der Waals surface area (Å²) in [5, 5.41) is 17.8. The van der Waals surface area contributed by atoms with Crippen LogP contribution in [0.5, 0.6) is 0 Å². The molecule has 0 aliphatic heterocycles. The Balaban J connectivity index is 2.60. The molecule has 4 heteroatoms. The number of hydrogen-bond acceptors (Lipinski definition) is 3. The van der Waals surface area contributed by atoms with E-state index in [0.29, 0.717) is 30.6 Å². The lowest BCUT2D eigenvalue weighted by molar-refractivity contribution is 0.162. The number of halogens is 1. The third-order valence-electron chi connectivity index (χ3n) is 2.55. The minimum absolute atomic E-state index is 0.331. The summed E-state index contributed by atoms with van der Waals surface area (Å²) in [5.74, 6) is -0.354. The molecule has 1 aromatic carbocycles. The maximum absolute atomic E-state index is 13.6. The van der Waals surface area contributed by atoms with Crippen molar-refractivity contribution >= 4 is 0 Å². The summed E-state index contributed by atoms with van der Waals surface area (Å²) in [4.78, 5) is 1.94. The smallest absolute Gasteiger partial charge is 0.129 e. The van der Waals surface area contributed by atoms with E-state index in [9.17, 15) is 4.39 Å². The van der Waals surface area contributed by atoms with E-state index in [4.69, 9.17) is 10.4 Å². The number of benzene rings is 1. The van der Waals surface area contributed by atoms with E-state index in [2.05, 4.69) is 0 Å². The van der Waals surface area contributed by atoms with Gasteiger partial charge in [0.05, 0.1) is 17.7 Å². The first kappa shape index (κ1) is 13.6. The Hall–Kier alpha value is -1.44. The molecule has 0 aliphatic carbocycles. The van der Waals surface area contributed by atoms with E-state index in [1.807, 2.05) is 18.0 Å². The topological polar surface area (TPSA) is 47.3 Å². The maximum Gasteiger partial charge on any atom is 0.129 e. The number of hydrogen-bond donors (Lipinski definition) is 1. The molecule has 1 unspecified atom stereocenters. The van der Waals surface area contributed by atoms with Crippen molar-refractivity contribution in [2.45, 2.75) is 26.0 Å². The van der Waals surface area contributed by atoms with E-state index < -0.39 is 0 Å². The van der Waals surface area contributed by atoms with Gasteiger partial charge in [-0.3, -0.25) is 0 Å². The molecule has 0 bridgehead atoms. The molecule has 3 nitrogen and oxygen atoms in total. The summed E-state index contributed by atoms with van der Waals surface area (Å²) in [5.41, 5.74) is 0.898. The Bertz CT molecular complexity index is 412. The van der Waals surface area contributed by atoms with Gasteiger partial charge < -0.3 is 10.0 Å². The summed E-state index contributed by atoms with van der Waals surface area (Å²) >= 11 is 0. The lowest BCUT2D eigenvalue weighted by Gasteiger charge is -2.17. The molecule has 1 aromatic rings. The first-order valence-corrected chi connectivity index (χ1v) is 5.58. The van der Waals surface area contributed by atoms with Gasteiger partial charge in [-0.05, 0) is 32.5 Å². The van der Waals surface area contributed by atoms with Gasteiger partial charge in [-0.1, -0.05) is 6.07 Å². The summed E-state index contributed by atoms with van der Waals surface area (Å²) in [7, 11) is 1.88. The van der Waals surface area contributed by atoms with Gasteiger partial charge in [-0.25, -0.2) is 4.39 Å². The second kappa shape index (κ2) is 6.33. The van der Waals surface area contributed by atoms with Crippen molar-refractivity contribution in [1.29, 1.82) is 5.26 Å². The SMILES string of the molecule is CC(O)CCN(C)Cc1ccc(C#N)cc1F. The third-order valence-corrected chi connectivity index (χ3v) is 2.55. The van der Waals surface area contributed by atoms with Crippen LogP contribution in [0.1, 0.15) is 24.5 Å². The molecule has 1 N–H and O–H groups in total. The third kappa shape index (κ3) is 4.51. The fourth-order valence-electron chi connectivity index (χ4n) is 1.52. The van der Waals surface area contributed by atoms with Gasteiger partial charge in [-0.2, -0.15) is 5.26 Å². The summed E-state index contributed by atoms with van der Waals surface area (Å²) < 4.78 is 13.6. The minimum atomic E-state index is -0.354. The summed E-state index contributed by atoms with van der Waals surface area (Å²) in [6.45, 7) is 2.91. The zero-order valence-corrected chi connectivity index (χ0v) is 10.2. The average molecular weight is 236 g/mol. The van der Waals surface area contributed by atoms with Crippen LogP contribution in [0.25, 0.3) is 0 Å². The summed E-state index contributed by atoms with van der Waals surface area (Å²) in [6.07, 6.45) is 0.317. The number of rotatable bonds is 5. The van der Waals surface area contributed by atoms with Gasteiger partial charge in [-0.15, -0.1) is 0 Å². The number of aliphatic hydroxyl groups is 1. The van der Waals surface area contributed by atoms with E-state index in [1.54, 1.807) is 19.1 Å². The number of aliphatic hydroxyl groups excluding tert-OH is 1. The van der Waals surface area contributed by atoms with Crippen LogP contribution in [-0.2, 0) is 6.54 Å². The van der Waals surface area contributed by atoms with Crippen molar-refractivity contribution in [3.63, 3.8) is 0 Å². The van der Waals surface area contributed by atoms with E-state index in [-0.39, 0.29) is 11.9 Å². The van der Waals surface area contributed by atoms with Crippen LogP contribution in [0.4, 0.5) is 4.39 Å². The summed E-state index contributed by atoms with van der Waals surface area (Å²) in [6, 6.07) is 6.39. The molecular formula is C13H17FN2O. The van der Waals surface area contributed by atoms with Crippen molar-refractivity contribution in [1.82, 2.24) is 4.90 Å². The van der Waals surface area contributed by atoms with Crippen LogP contribution in [0, 0.1) is 17.1 Å². The highest BCUT2D eigenvalue weighted by Crippen LogP contribution is 2.12. The number of nitrogens with zero attached hydrogens (tertiary/aromatic N) is 2. The van der Waals surface area contributed by atoms with Crippen LogP contribution < -0.4 is 0 Å². The Kier molecular flexibility index (Phi) is 5.08. The van der Waals surface area contributed by atoms with Gasteiger partial charge in [0.15, 0.2) is 0 Å². The highest BCUT2D eigenvalue weighted by Gasteiger charge is 2.07. The van der Waals surface area contributed by atoms with E-state index in [1.165, 1.54) is 6.07 Å². The van der Waals surface area contributed by atoms with Gasteiger partial charge in [0.25, 0.3) is 0 Å². The first-order chi connectivity index (χ1) is 8.02. The van der Waals surface area contributed by atoms with Crippen molar-refractivity contribution in [3.05, 3.63) is 35.1 Å². The van der Waals surface area contributed by atoms with Gasteiger partial charge in [0.1, 0.15) is 5.82 Å². The molecule has 0 radical (unpaired) electrons. The molecule has 0 fully saturated rings. The van der Waals surface area contributed by atoms with Crippen LogP contribution in [0.15, 0.2) is 18.2 Å². The normalized spacial score (nSPS) is 12.5. The predicted octanol–water partition coefficient (Wildman–Crippen LogP) is 1.90. The van der Waals surface area contributed by atoms with Crippen molar-refractivity contribution in [2.75, 3.05) is 13.6 Å². The van der Waals surface area contributed by atoms with Crippen molar-refractivity contribution < 1.29 is 9.50 Å². The molecule has 1 rings (SSSR count). The zero-order chi connectivity index (χ0) is 12.8. The van der Waals surface area contributed by atoms with Gasteiger partial charge in [0, 0.05) is 18.7 Å². The monoisotopic (exact) mass is 236 g/mol. The molecule has 0 aliphatic rings. The van der Waals surface area contributed by atoms with Crippen molar-refractivity contribution in [2.24, 2.45) is 0 Å². The average Bonchev–Trinajstić information content (AvgIpc) is 2.29. The first-order valence-electron chi connectivity index (χ1n) is 5.58. The molecule has 0 aromatic heterocycles. The van der Waals surface area contributed by atoms with Gasteiger partial charge in [0.2, 0.25) is 0 Å². The largest absolute Gasteiger partial charge is 0.393 e. The highest BCUT2D eigenvalue weighted by atomic mass is 19.1. The molecular weight excluding hydrogens is 219 g/mol. The van der Waals surface area contributed by atoms with Crippen LogP contribution in [0.3, 0.4) is 0 Å². The second-order valence-corrected chi connectivity index (χ2v) is 4.29. The number of nitriles is 1. The lowest BCUT2D eigenvalue weighted by Crippen LogP contribution is -2.22. The maximum atomic E-state index is 13.6. The predicted molar refractivity (Wildman–Crippen MR) is 63.7 cm³/mol. The lowest BCUT2D eigenvalue weighted by atomic mass is 10.1. The quantitative estimate of drug-likeness (QED) is 0.849. The molecule has 0 spiro atoms. The van der Waals surface area contributed by atoms with Crippen LogP contribution >= 0.6 is 0 Å². The van der Waals surface area contributed by atoms with Crippen molar-refractivity contribution in [3.8, 4) is 6.07 Å². The highest BCUT2D eigenvalue weighted by molar-refractivity contribution is 5.32. The van der Waals surface area contributed by atoms with E-state index in [0.717, 1.165) is 0 Å². The fourth-order valence-corrected chi connectivity index (χ4v) is 1.52. The second-order valence-electron chi connectivity index (χ2n) is 4.29. The minimum Gasteiger partial charge on any atom is -0.393 e. The van der Waals surface area contributed by atoms with Gasteiger partial charge >= 0.3 is 0 Å². The molecule has 0 amide bonds. The Morgan fingerprint density at radius 3 is 2.76 bits per heavy atom. The Morgan fingerprint density at radius 2 is 2.24 bits per heavy atom. The Morgan fingerprint density at radius 1 is 1.53 bits per heavy atom. The molecule has 1 atom stereocenters. The fraction of sp³-hybridized carbons (Fsp3) is 0.462. The van der Waals surface area contributed by atoms with Crippen LogP contribution in [-0.4, -0.2) is 29.7 Å². The molecule has 0 saturated carbocycles. The molecule has 0 heterocycles. The standard InChI is InChI=1S/C13H17FN2O/c1-10(17)5-6-16(2)9-12-4-3-11(8-15)7-13(12)14/h3-4,7,10,17H,5-6,9H2,1-2H3. The van der Waals surface area contributed by atoms with E-state index >= 15 is 0 Å². The van der Waals surface area contributed by atoms with Crippen LogP contribution in [0.2, 0.25) is 0 Å².